The molecule has 0 aliphatic rings. The molecule has 1 atom stereocenters. The summed E-state index contributed by atoms with van der Waals surface area (Å²) in [6.07, 6.45) is 0.947. The molecule has 17 heavy (non-hydrogen) atoms. The van der Waals surface area contributed by atoms with Crippen LogP contribution < -0.4 is 5.32 Å². The molecule has 1 unspecified atom stereocenters. The fourth-order valence-corrected chi connectivity index (χ4v) is 1.95. The van der Waals surface area contributed by atoms with Gasteiger partial charge in [0, 0.05) is 4.47 Å². The summed E-state index contributed by atoms with van der Waals surface area (Å²) in [5.74, 6) is -0.298. The number of nitrogens with one attached hydrogen (secondary N) is 1. The second-order valence-corrected chi connectivity index (χ2v) is 4.85. The number of hydrogen-bond donors (Lipinski definition) is 1. The third-order valence-corrected chi connectivity index (χ3v) is 3.53. The van der Waals surface area contributed by atoms with Gasteiger partial charge in [-0.25, -0.2) is 4.79 Å². The molecule has 0 amide bonds. The monoisotopic (exact) mass is 319 g/mol. The molecule has 1 rings (SSSR count). The van der Waals surface area contributed by atoms with E-state index < -0.39 is 6.04 Å². The Kier molecular flexibility index (Phi) is 5.95. The number of methoxy groups -OCH3 is 1. The lowest BCUT2D eigenvalue weighted by molar-refractivity contribution is -0.143. The topological polar surface area (TPSA) is 38.3 Å². The molecular weight excluding hydrogens is 305 g/mol. The Bertz CT molecular complexity index is 398. The largest absolute Gasteiger partial charge is 0.468 e. The van der Waals surface area contributed by atoms with Crippen LogP contribution in [-0.2, 0) is 9.53 Å². The fraction of sp³-hybridized carbons (Fsp3) is 0.417. The molecule has 1 N–H and O–H groups in total. The summed E-state index contributed by atoms with van der Waals surface area (Å²) in [4.78, 5) is 11.7. The molecule has 94 valence electrons. The van der Waals surface area contributed by atoms with Crippen LogP contribution in [0.15, 0.2) is 22.7 Å². The number of rotatable bonds is 5. The molecule has 0 spiro atoms. The van der Waals surface area contributed by atoms with Crippen LogP contribution in [0.5, 0.6) is 0 Å². The van der Waals surface area contributed by atoms with Crippen LogP contribution >= 0.6 is 27.5 Å². The lowest BCUT2D eigenvalue weighted by atomic mass is 10.1. The van der Waals surface area contributed by atoms with E-state index in [9.17, 15) is 4.79 Å². The Hall–Kier alpha value is -0.580. The average molecular weight is 321 g/mol. The minimum absolute atomic E-state index is 0.298. The van der Waals surface area contributed by atoms with Gasteiger partial charge in [-0.15, -0.1) is 0 Å². The lowest BCUT2D eigenvalue weighted by Crippen LogP contribution is -2.30. The number of hydrogen-bond acceptors (Lipinski definition) is 3. The first-order valence-corrected chi connectivity index (χ1v) is 6.53. The summed E-state index contributed by atoms with van der Waals surface area (Å²) >= 11 is 9.26. The fourth-order valence-electron chi connectivity index (χ4n) is 1.44. The van der Waals surface area contributed by atoms with Crippen molar-refractivity contribution in [2.24, 2.45) is 0 Å². The Balaban J connectivity index is 2.95. The minimum atomic E-state index is -0.450. The number of benzene rings is 1. The summed E-state index contributed by atoms with van der Waals surface area (Å²) in [7, 11) is 1.38. The van der Waals surface area contributed by atoms with Crippen LogP contribution in [0.25, 0.3) is 0 Å². The van der Waals surface area contributed by atoms with Crippen molar-refractivity contribution in [3.8, 4) is 0 Å². The minimum Gasteiger partial charge on any atom is -0.468 e. The van der Waals surface area contributed by atoms with Crippen LogP contribution in [0.2, 0.25) is 5.02 Å². The molecule has 0 fully saturated rings. The summed E-state index contributed by atoms with van der Waals surface area (Å²) in [6, 6.07) is 4.95. The molecule has 0 saturated heterocycles. The van der Waals surface area contributed by atoms with Crippen molar-refractivity contribution in [1.29, 1.82) is 0 Å². The molecule has 0 radical (unpaired) electrons. The van der Waals surface area contributed by atoms with Crippen molar-refractivity contribution in [2.75, 3.05) is 13.7 Å². The number of esters is 1. The molecule has 0 aromatic heterocycles. The predicted molar refractivity (Wildman–Crippen MR) is 72.2 cm³/mol. The van der Waals surface area contributed by atoms with Gasteiger partial charge < -0.3 is 10.1 Å². The SMILES string of the molecule is CCCNC(C(=O)OC)c1ccc(Cl)c(Br)c1. The van der Waals surface area contributed by atoms with E-state index in [2.05, 4.69) is 21.2 Å². The van der Waals surface area contributed by atoms with Gasteiger partial charge in [0.1, 0.15) is 6.04 Å². The van der Waals surface area contributed by atoms with Gasteiger partial charge in [-0.1, -0.05) is 24.6 Å². The van der Waals surface area contributed by atoms with Crippen LogP contribution in [0.4, 0.5) is 0 Å². The Morgan fingerprint density at radius 1 is 1.59 bits per heavy atom. The molecule has 0 aliphatic heterocycles. The number of halogens is 2. The molecule has 1 aromatic carbocycles. The second-order valence-electron chi connectivity index (χ2n) is 3.58. The first kappa shape index (κ1) is 14.5. The van der Waals surface area contributed by atoms with E-state index in [1.807, 2.05) is 19.1 Å². The smallest absolute Gasteiger partial charge is 0.327 e. The molecule has 0 bridgehead atoms. The molecule has 3 nitrogen and oxygen atoms in total. The molecular formula is C12H15BrClNO2. The van der Waals surface area contributed by atoms with Gasteiger partial charge in [0.25, 0.3) is 0 Å². The predicted octanol–water partition coefficient (Wildman–Crippen LogP) is 3.32. The van der Waals surface area contributed by atoms with E-state index in [4.69, 9.17) is 16.3 Å². The van der Waals surface area contributed by atoms with Gasteiger partial charge in [-0.2, -0.15) is 0 Å². The van der Waals surface area contributed by atoms with Crippen LogP contribution in [0.3, 0.4) is 0 Å². The highest BCUT2D eigenvalue weighted by Gasteiger charge is 2.20. The van der Waals surface area contributed by atoms with Crippen LogP contribution in [-0.4, -0.2) is 19.6 Å². The number of carbonyl (C=O) groups excluding carboxylic acids is 1. The molecule has 0 heterocycles. The molecule has 5 heteroatoms. The third-order valence-electron chi connectivity index (χ3n) is 2.31. The van der Waals surface area contributed by atoms with Gasteiger partial charge in [0.2, 0.25) is 0 Å². The average Bonchev–Trinajstić information content (AvgIpc) is 2.33. The van der Waals surface area contributed by atoms with Gasteiger partial charge in [0.05, 0.1) is 12.1 Å². The lowest BCUT2D eigenvalue weighted by Gasteiger charge is -2.17. The van der Waals surface area contributed by atoms with E-state index in [1.54, 1.807) is 6.07 Å². The van der Waals surface area contributed by atoms with Crippen molar-refractivity contribution in [3.63, 3.8) is 0 Å². The number of ether oxygens (including phenoxy) is 1. The quantitative estimate of drug-likeness (QED) is 0.846. The van der Waals surface area contributed by atoms with Crippen molar-refractivity contribution in [2.45, 2.75) is 19.4 Å². The number of carbonyl (C=O) groups is 1. The van der Waals surface area contributed by atoms with Crippen molar-refractivity contribution in [1.82, 2.24) is 5.32 Å². The first-order chi connectivity index (χ1) is 8.10. The maximum absolute atomic E-state index is 11.7. The second kappa shape index (κ2) is 6.99. The third kappa shape index (κ3) is 3.98. The summed E-state index contributed by atoms with van der Waals surface area (Å²) < 4.78 is 5.55. The zero-order valence-electron chi connectivity index (χ0n) is 9.80. The van der Waals surface area contributed by atoms with E-state index in [1.165, 1.54) is 7.11 Å². The summed E-state index contributed by atoms with van der Waals surface area (Å²) in [6.45, 7) is 2.79. The summed E-state index contributed by atoms with van der Waals surface area (Å²) in [5.41, 5.74) is 0.835. The van der Waals surface area contributed by atoms with Crippen molar-refractivity contribution < 1.29 is 9.53 Å². The Labute approximate surface area is 115 Å². The van der Waals surface area contributed by atoms with E-state index in [0.29, 0.717) is 5.02 Å². The van der Waals surface area contributed by atoms with E-state index in [-0.39, 0.29) is 5.97 Å². The molecule has 0 aliphatic carbocycles. The molecule has 0 saturated carbocycles. The summed E-state index contributed by atoms with van der Waals surface area (Å²) in [5, 5.41) is 3.76. The van der Waals surface area contributed by atoms with E-state index >= 15 is 0 Å². The van der Waals surface area contributed by atoms with Gasteiger partial charge >= 0.3 is 5.97 Å². The maximum Gasteiger partial charge on any atom is 0.327 e. The van der Waals surface area contributed by atoms with Crippen molar-refractivity contribution in [3.05, 3.63) is 33.3 Å². The van der Waals surface area contributed by atoms with Crippen LogP contribution in [0, 0.1) is 0 Å². The maximum atomic E-state index is 11.7. The van der Waals surface area contributed by atoms with Gasteiger partial charge in [0.15, 0.2) is 0 Å². The highest BCUT2D eigenvalue weighted by molar-refractivity contribution is 9.10. The zero-order valence-corrected chi connectivity index (χ0v) is 12.1. The van der Waals surface area contributed by atoms with E-state index in [0.717, 1.165) is 23.0 Å². The normalized spacial score (nSPS) is 12.2. The Morgan fingerprint density at radius 3 is 2.82 bits per heavy atom. The first-order valence-electron chi connectivity index (χ1n) is 5.36. The Morgan fingerprint density at radius 2 is 2.29 bits per heavy atom. The van der Waals surface area contributed by atoms with Crippen molar-refractivity contribution >= 4 is 33.5 Å². The highest BCUT2D eigenvalue weighted by Crippen LogP contribution is 2.26. The van der Waals surface area contributed by atoms with Crippen LogP contribution in [0.1, 0.15) is 24.9 Å². The van der Waals surface area contributed by atoms with Gasteiger partial charge in [-0.3, -0.25) is 0 Å². The zero-order chi connectivity index (χ0) is 12.8. The molecule has 1 aromatic rings. The van der Waals surface area contributed by atoms with Gasteiger partial charge in [-0.05, 0) is 46.6 Å². The standard InChI is InChI=1S/C12H15BrClNO2/c1-3-6-15-11(12(16)17-2)8-4-5-10(14)9(13)7-8/h4-5,7,11,15H,3,6H2,1-2H3. The highest BCUT2D eigenvalue weighted by atomic mass is 79.9.